The summed E-state index contributed by atoms with van der Waals surface area (Å²) in [5, 5.41) is 3.37. The van der Waals surface area contributed by atoms with E-state index >= 15 is 0 Å². The maximum Gasteiger partial charge on any atom is 0.105 e. The number of piperazine rings is 1. The van der Waals surface area contributed by atoms with Crippen molar-refractivity contribution >= 4 is 11.2 Å². The Labute approximate surface area is 103 Å². The Hall–Kier alpha value is 0.230. The minimum Gasteiger partial charge on any atom is -0.617 e. The van der Waals surface area contributed by atoms with Gasteiger partial charge in [-0.2, -0.15) is 0 Å². The van der Waals surface area contributed by atoms with Gasteiger partial charge >= 0.3 is 0 Å². The van der Waals surface area contributed by atoms with Crippen LogP contribution in [0.3, 0.4) is 0 Å². The van der Waals surface area contributed by atoms with Gasteiger partial charge in [-0.05, 0) is 25.8 Å². The highest BCUT2D eigenvalue weighted by Gasteiger charge is 2.07. The summed E-state index contributed by atoms with van der Waals surface area (Å²) in [5.41, 5.74) is 0. The molecule has 1 saturated heterocycles. The zero-order valence-corrected chi connectivity index (χ0v) is 11.4. The predicted octanol–water partition coefficient (Wildman–Crippen LogP) is 1.22. The van der Waals surface area contributed by atoms with Crippen molar-refractivity contribution in [3.8, 4) is 0 Å². The van der Waals surface area contributed by atoms with Crippen LogP contribution in [0.4, 0.5) is 0 Å². The predicted molar refractivity (Wildman–Crippen MR) is 71.3 cm³/mol. The van der Waals surface area contributed by atoms with Crippen molar-refractivity contribution in [1.29, 1.82) is 0 Å². The van der Waals surface area contributed by atoms with Gasteiger partial charge in [0.25, 0.3) is 0 Å². The Morgan fingerprint density at radius 2 is 1.69 bits per heavy atom. The highest BCUT2D eigenvalue weighted by molar-refractivity contribution is 7.90. The molecule has 0 spiro atoms. The zero-order valence-electron chi connectivity index (χ0n) is 10.5. The molecule has 3 nitrogen and oxygen atoms in total. The Balaban J connectivity index is 1.80. The van der Waals surface area contributed by atoms with E-state index in [2.05, 4.69) is 10.2 Å². The summed E-state index contributed by atoms with van der Waals surface area (Å²) in [6.07, 6.45) is 8.15. The quantitative estimate of drug-likeness (QED) is 0.517. The van der Waals surface area contributed by atoms with Crippen molar-refractivity contribution in [2.45, 2.75) is 32.1 Å². The van der Waals surface area contributed by atoms with Gasteiger partial charge in [-0.25, -0.2) is 0 Å². The second-order valence-electron chi connectivity index (χ2n) is 4.64. The SMILES string of the molecule is C[S+]([O-])CCCCCCCN1CCNCC1. The molecule has 0 bridgehead atoms. The van der Waals surface area contributed by atoms with Crippen LogP contribution in [0.2, 0.25) is 0 Å². The van der Waals surface area contributed by atoms with Crippen LogP contribution in [-0.2, 0) is 11.2 Å². The zero-order chi connectivity index (χ0) is 11.6. The van der Waals surface area contributed by atoms with Crippen LogP contribution < -0.4 is 5.32 Å². The third-order valence-corrected chi connectivity index (χ3v) is 3.98. The van der Waals surface area contributed by atoms with Crippen LogP contribution in [-0.4, -0.2) is 54.2 Å². The summed E-state index contributed by atoms with van der Waals surface area (Å²) in [5.74, 6) is 0.887. The van der Waals surface area contributed by atoms with Gasteiger partial charge in [0.05, 0.1) is 6.26 Å². The largest absolute Gasteiger partial charge is 0.617 e. The minimum atomic E-state index is -0.592. The fourth-order valence-corrected chi connectivity index (χ4v) is 2.72. The van der Waals surface area contributed by atoms with Gasteiger partial charge in [0.15, 0.2) is 0 Å². The third-order valence-electron chi connectivity index (χ3n) is 3.12. The summed E-state index contributed by atoms with van der Waals surface area (Å²) in [4.78, 5) is 2.55. The van der Waals surface area contributed by atoms with E-state index < -0.39 is 11.2 Å². The van der Waals surface area contributed by atoms with Crippen LogP contribution in [0, 0.1) is 0 Å². The van der Waals surface area contributed by atoms with Crippen LogP contribution in [0.25, 0.3) is 0 Å². The molecule has 1 atom stereocenters. The molecule has 1 aliphatic rings. The van der Waals surface area contributed by atoms with Crippen molar-refractivity contribution in [3.63, 3.8) is 0 Å². The average Bonchev–Trinajstić information content (AvgIpc) is 2.29. The smallest absolute Gasteiger partial charge is 0.105 e. The second-order valence-corrected chi connectivity index (χ2v) is 6.19. The van der Waals surface area contributed by atoms with E-state index in [0.29, 0.717) is 0 Å². The molecule has 16 heavy (non-hydrogen) atoms. The Kier molecular flexibility index (Phi) is 8.29. The molecule has 1 fully saturated rings. The van der Waals surface area contributed by atoms with Crippen LogP contribution in [0.1, 0.15) is 32.1 Å². The number of nitrogens with one attached hydrogen (secondary N) is 1. The van der Waals surface area contributed by atoms with Crippen LogP contribution >= 0.6 is 0 Å². The van der Waals surface area contributed by atoms with Gasteiger partial charge in [0, 0.05) is 26.2 Å². The maximum atomic E-state index is 10.8. The highest BCUT2D eigenvalue weighted by atomic mass is 32.2. The fraction of sp³-hybridized carbons (Fsp3) is 1.00. The van der Waals surface area contributed by atoms with E-state index in [1.807, 2.05) is 0 Å². The van der Waals surface area contributed by atoms with Crippen molar-refractivity contribution in [2.75, 3.05) is 44.7 Å². The molecule has 0 aromatic carbocycles. The lowest BCUT2D eigenvalue weighted by Crippen LogP contribution is -2.43. The van der Waals surface area contributed by atoms with E-state index in [4.69, 9.17) is 0 Å². The molecule has 0 aliphatic carbocycles. The lowest BCUT2D eigenvalue weighted by Gasteiger charge is -2.26. The van der Waals surface area contributed by atoms with Crippen molar-refractivity contribution in [2.24, 2.45) is 0 Å². The molecule has 1 aliphatic heterocycles. The molecule has 0 radical (unpaired) electrons. The number of nitrogens with zero attached hydrogens (tertiary/aromatic N) is 1. The monoisotopic (exact) mass is 246 g/mol. The highest BCUT2D eigenvalue weighted by Crippen LogP contribution is 2.06. The van der Waals surface area contributed by atoms with E-state index in [1.54, 1.807) is 6.26 Å². The number of hydrogen-bond donors (Lipinski definition) is 1. The second kappa shape index (κ2) is 9.28. The molecular formula is C12H26N2OS. The van der Waals surface area contributed by atoms with Crippen LogP contribution in [0.15, 0.2) is 0 Å². The molecule has 4 heteroatoms. The third kappa shape index (κ3) is 7.49. The number of rotatable bonds is 8. The van der Waals surface area contributed by atoms with Gasteiger partial charge in [-0.3, -0.25) is 0 Å². The van der Waals surface area contributed by atoms with Gasteiger partial charge in [0.1, 0.15) is 5.75 Å². The number of hydrogen-bond acceptors (Lipinski definition) is 3. The molecule has 0 aromatic heterocycles. The first-order valence-electron chi connectivity index (χ1n) is 6.52. The Morgan fingerprint density at radius 1 is 1.06 bits per heavy atom. The molecule has 1 heterocycles. The summed E-state index contributed by atoms with van der Waals surface area (Å²) in [6, 6.07) is 0. The standard InChI is InChI=1S/C12H26N2OS/c1-16(15)12-6-4-2-3-5-9-14-10-7-13-8-11-14/h13H,2-12H2,1H3. The summed E-state index contributed by atoms with van der Waals surface area (Å²) in [6.45, 7) is 6.01. The molecule has 1 unspecified atom stereocenters. The fourth-order valence-electron chi connectivity index (χ4n) is 2.11. The van der Waals surface area contributed by atoms with Gasteiger partial charge in [0.2, 0.25) is 0 Å². The lowest BCUT2D eigenvalue weighted by atomic mass is 10.1. The topological polar surface area (TPSA) is 38.3 Å². The van der Waals surface area contributed by atoms with E-state index in [-0.39, 0.29) is 0 Å². The first-order valence-corrected chi connectivity index (χ1v) is 8.25. The van der Waals surface area contributed by atoms with E-state index in [1.165, 1.54) is 45.3 Å². The first-order chi connectivity index (χ1) is 7.79. The molecule has 0 amide bonds. The molecule has 1 N–H and O–H groups in total. The molecule has 96 valence electrons. The molecule has 1 rings (SSSR count). The van der Waals surface area contributed by atoms with Gasteiger partial charge in [-0.15, -0.1) is 0 Å². The average molecular weight is 246 g/mol. The molecule has 0 saturated carbocycles. The first kappa shape index (κ1) is 14.3. The number of unbranched alkanes of at least 4 members (excludes halogenated alkanes) is 4. The Bertz CT molecular complexity index is 161. The normalized spacial score (nSPS) is 19.9. The summed E-state index contributed by atoms with van der Waals surface area (Å²) >= 11 is -0.592. The van der Waals surface area contributed by atoms with E-state index in [0.717, 1.165) is 25.3 Å². The van der Waals surface area contributed by atoms with Crippen molar-refractivity contribution in [1.82, 2.24) is 10.2 Å². The van der Waals surface area contributed by atoms with Gasteiger partial charge < -0.3 is 14.8 Å². The van der Waals surface area contributed by atoms with E-state index in [9.17, 15) is 4.55 Å². The minimum absolute atomic E-state index is 0.592. The van der Waals surface area contributed by atoms with Crippen molar-refractivity contribution < 1.29 is 4.55 Å². The molecular weight excluding hydrogens is 220 g/mol. The Morgan fingerprint density at radius 3 is 2.38 bits per heavy atom. The van der Waals surface area contributed by atoms with Gasteiger partial charge in [-0.1, -0.05) is 24.0 Å². The van der Waals surface area contributed by atoms with Crippen molar-refractivity contribution in [3.05, 3.63) is 0 Å². The summed E-state index contributed by atoms with van der Waals surface area (Å²) in [7, 11) is 0. The maximum absolute atomic E-state index is 10.8. The summed E-state index contributed by atoms with van der Waals surface area (Å²) < 4.78 is 10.8. The van der Waals surface area contributed by atoms with Crippen LogP contribution in [0.5, 0.6) is 0 Å². The molecule has 0 aromatic rings. The lowest BCUT2D eigenvalue weighted by molar-refractivity contribution is 0.236.